The lowest BCUT2D eigenvalue weighted by molar-refractivity contribution is 0.319. The van der Waals surface area contributed by atoms with Gasteiger partial charge in [0.2, 0.25) is 0 Å². The highest BCUT2D eigenvalue weighted by Gasteiger charge is 2.02. The lowest BCUT2D eigenvalue weighted by Gasteiger charge is -2.11. The Balaban J connectivity index is 2.00. The van der Waals surface area contributed by atoms with Gasteiger partial charge in [-0.25, -0.2) is 0 Å². The van der Waals surface area contributed by atoms with Crippen LogP contribution in [0.3, 0.4) is 0 Å². The third-order valence-electron chi connectivity index (χ3n) is 2.52. The number of anilines is 2. The normalized spacial score (nSPS) is 10.3. The fourth-order valence-electron chi connectivity index (χ4n) is 1.56. The molecule has 0 spiro atoms. The zero-order chi connectivity index (χ0) is 12.8. The number of benzene rings is 1. The van der Waals surface area contributed by atoms with Crippen molar-refractivity contribution in [1.82, 2.24) is 10.2 Å². The number of nitrogens with one attached hydrogen (secondary N) is 2. The maximum absolute atomic E-state index is 5.85. The molecule has 4 N–H and O–H groups in total. The van der Waals surface area contributed by atoms with E-state index in [9.17, 15) is 0 Å². The van der Waals surface area contributed by atoms with Gasteiger partial charge in [-0.2, -0.15) is 5.10 Å². The third kappa shape index (κ3) is 3.16. The van der Waals surface area contributed by atoms with Crippen LogP contribution in [0.25, 0.3) is 0 Å². The first kappa shape index (κ1) is 12.3. The van der Waals surface area contributed by atoms with E-state index < -0.39 is 0 Å². The van der Waals surface area contributed by atoms with E-state index in [4.69, 9.17) is 10.5 Å². The van der Waals surface area contributed by atoms with Gasteiger partial charge in [-0.1, -0.05) is 6.92 Å². The molecule has 18 heavy (non-hydrogen) atoms. The van der Waals surface area contributed by atoms with Crippen LogP contribution in [0.5, 0.6) is 5.75 Å². The van der Waals surface area contributed by atoms with E-state index in [1.54, 1.807) is 6.20 Å². The molecule has 0 atom stereocenters. The lowest BCUT2D eigenvalue weighted by Crippen LogP contribution is -2.03. The molecule has 1 heterocycles. The van der Waals surface area contributed by atoms with Gasteiger partial charge in [0.1, 0.15) is 5.75 Å². The van der Waals surface area contributed by atoms with Crippen LogP contribution < -0.4 is 15.8 Å². The van der Waals surface area contributed by atoms with Crippen LogP contribution in [0.1, 0.15) is 19.0 Å². The number of rotatable bonds is 6. The number of hydrogen-bond donors (Lipinski definition) is 3. The monoisotopic (exact) mass is 246 g/mol. The summed E-state index contributed by atoms with van der Waals surface area (Å²) in [5.41, 5.74) is 8.52. The van der Waals surface area contributed by atoms with Crippen LogP contribution in [-0.4, -0.2) is 16.8 Å². The van der Waals surface area contributed by atoms with Gasteiger partial charge in [-0.15, -0.1) is 0 Å². The van der Waals surface area contributed by atoms with Gasteiger partial charge in [0.05, 0.1) is 24.5 Å². The van der Waals surface area contributed by atoms with Crippen LogP contribution in [0, 0.1) is 0 Å². The van der Waals surface area contributed by atoms with E-state index in [1.807, 2.05) is 24.3 Å². The number of nitrogens with two attached hydrogens (primary N) is 1. The molecule has 5 nitrogen and oxygen atoms in total. The summed E-state index contributed by atoms with van der Waals surface area (Å²) in [5.74, 6) is 0.728. The summed E-state index contributed by atoms with van der Waals surface area (Å²) in [7, 11) is 0. The summed E-state index contributed by atoms with van der Waals surface area (Å²) >= 11 is 0. The first-order valence-electron chi connectivity index (χ1n) is 6.04. The molecule has 0 saturated heterocycles. The van der Waals surface area contributed by atoms with Crippen LogP contribution in [0.4, 0.5) is 11.4 Å². The van der Waals surface area contributed by atoms with E-state index >= 15 is 0 Å². The molecule has 0 unspecified atom stereocenters. The van der Waals surface area contributed by atoms with Crippen molar-refractivity contribution in [2.45, 2.75) is 19.9 Å². The standard InChI is InChI=1S/C13H18N4O/c1-2-7-18-13-8-10(3-4-12(13)14)15-9-11-5-6-16-17-11/h3-6,8,15H,2,7,9,14H2,1H3,(H,16,17). The Morgan fingerprint density at radius 3 is 3.00 bits per heavy atom. The Morgan fingerprint density at radius 2 is 2.28 bits per heavy atom. The van der Waals surface area contributed by atoms with Gasteiger partial charge in [0, 0.05) is 18.0 Å². The van der Waals surface area contributed by atoms with Crippen molar-refractivity contribution in [2.75, 3.05) is 17.7 Å². The lowest BCUT2D eigenvalue weighted by atomic mass is 10.2. The number of ether oxygens (including phenoxy) is 1. The summed E-state index contributed by atoms with van der Waals surface area (Å²) in [6, 6.07) is 7.63. The zero-order valence-corrected chi connectivity index (χ0v) is 10.4. The van der Waals surface area contributed by atoms with E-state index in [1.165, 1.54) is 0 Å². The van der Waals surface area contributed by atoms with E-state index in [0.29, 0.717) is 18.8 Å². The molecule has 0 saturated carbocycles. The SMILES string of the molecule is CCCOc1cc(NCc2ccn[nH]2)ccc1N. The van der Waals surface area contributed by atoms with Crippen LogP contribution >= 0.6 is 0 Å². The van der Waals surface area contributed by atoms with E-state index in [0.717, 1.165) is 23.6 Å². The highest BCUT2D eigenvalue weighted by molar-refractivity contribution is 5.61. The van der Waals surface area contributed by atoms with Crippen LogP contribution in [0.2, 0.25) is 0 Å². The molecule has 1 aromatic carbocycles. The summed E-state index contributed by atoms with van der Waals surface area (Å²) < 4.78 is 5.58. The number of nitrogen functional groups attached to an aromatic ring is 1. The molecule has 0 radical (unpaired) electrons. The Bertz CT molecular complexity index is 482. The predicted molar refractivity (Wildman–Crippen MR) is 72.6 cm³/mol. The molecule has 0 amide bonds. The average molecular weight is 246 g/mol. The molecule has 0 aliphatic heterocycles. The summed E-state index contributed by atoms with van der Waals surface area (Å²) in [6.07, 6.45) is 2.70. The number of aromatic amines is 1. The minimum Gasteiger partial charge on any atom is -0.491 e. The first-order valence-corrected chi connectivity index (χ1v) is 6.04. The zero-order valence-electron chi connectivity index (χ0n) is 10.4. The summed E-state index contributed by atoms with van der Waals surface area (Å²) in [4.78, 5) is 0. The molecule has 2 aromatic rings. The number of nitrogens with zero attached hydrogens (tertiary/aromatic N) is 1. The Hall–Kier alpha value is -2.17. The molecule has 0 fully saturated rings. The summed E-state index contributed by atoms with van der Waals surface area (Å²) in [5, 5.41) is 10.1. The van der Waals surface area contributed by atoms with Crippen molar-refractivity contribution in [3.63, 3.8) is 0 Å². The van der Waals surface area contributed by atoms with Crippen LogP contribution in [0.15, 0.2) is 30.5 Å². The van der Waals surface area contributed by atoms with Crippen molar-refractivity contribution in [2.24, 2.45) is 0 Å². The Labute approximate surface area is 106 Å². The maximum atomic E-state index is 5.85. The third-order valence-corrected chi connectivity index (χ3v) is 2.52. The topological polar surface area (TPSA) is 76.0 Å². The van der Waals surface area contributed by atoms with Crippen molar-refractivity contribution >= 4 is 11.4 Å². The minimum atomic E-state index is 0.663. The largest absolute Gasteiger partial charge is 0.491 e. The smallest absolute Gasteiger partial charge is 0.144 e. The first-order chi connectivity index (χ1) is 8.79. The molecule has 0 aliphatic rings. The van der Waals surface area contributed by atoms with Crippen molar-refractivity contribution < 1.29 is 4.74 Å². The van der Waals surface area contributed by atoms with Gasteiger partial charge in [0.25, 0.3) is 0 Å². The molecular formula is C13H18N4O. The second-order valence-electron chi connectivity index (χ2n) is 4.04. The fourth-order valence-corrected chi connectivity index (χ4v) is 1.56. The number of aromatic nitrogens is 2. The van der Waals surface area contributed by atoms with Crippen molar-refractivity contribution in [3.05, 3.63) is 36.2 Å². The fraction of sp³-hybridized carbons (Fsp3) is 0.308. The van der Waals surface area contributed by atoms with Gasteiger partial charge in [-0.3, -0.25) is 5.10 Å². The highest BCUT2D eigenvalue weighted by atomic mass is 16.5. The molecule has 0 aliphatic carbocycles. The number of hydrogen-bond acceptors (Lipinski definition) is 4. The summed E-state index contributed by atoms with van der Waals surface area (Å²) in [6.45, 7) is 3.43. The van der Waals surface area contributed by atoms with Gasteiger partial charge in [-0.05, 0) is 24.6 Å². The molecule has 5 heteroatoms. The molecule has 0 bridgehead atoms. The molecule has 96 valence electrons. The van der Waals surface area contributed by atoms with E-state index in [2.05, 4.69) is 22.4 Å². The quantitative estimate of drug-likeness (QED) is 0.684. The second kappa shape index (κ2) is 5.95. The van der Waals surface area contributed by atoms with Gasteiger partial charge < -0.3 is 15.8 Å². The molecule has 2 rings (SSSR count). The second-order valence-corrected chi connectivity index (χ2v) is 4.04. The predicted octanol–water partition coefficient (Wildman–Crippen LogP) is 2.39. The van der Waals surface area contributed by atoms with Crippen molar-refractivity contribution in [1.29, 1.82) is 0 Å². The average Bonchev–Trinajstić information content (AvgIpc) is 2.89. The highest BCUT2D eigenvalue weighted by Crippen LogP contribution is 2.25. The minimum absolute atomic E-state index is 0.663. The van der Waals surface area contributed by atoms with E-state index in [-0.39, 0.29) is 0 Å². The molecular weight excluding hydrogens is 228 g/mol. The van der Waals surface area contributed by atoms with Crippen LogP contribution in [-0.2, 0) is 6.54 Å². The van der Waals surface area contributed by atoms with Gasteiger partial charge in [0.15, 0.2) is 0 Å². The number of H-pyrrole nitrogens is 1. The Morgan fingerprint density at radius 1 is 1.39 bits per heavy atom. The molecule has 1 aromatic heterocycles. The van der Waals surface area contributed by atoms with Crippen molar-refractivity contribution in [3.8, 4) is 5.75 Å². The maximum Gasteiger partial charge on any atom is 0.144 e. The van der Waals surface area contributed by atoms with Gasteiger partial charge >= 0.3 is 0 Å². The Kier molecular flexibility index (Phi) is 4.06.